The molecule has 3 N–H and O–H groups in total. The van der Waals surface area contributed by atoms with E-state index in [2.05, 4.69) is 10.6 Å². The van der Waals surface area contributed by atoms with Gasteiger partial charge in [0.25, 0.3) is 0 Å². The number of aryl methyl sites for hydroxylation is 1. The van der Waals surface area contributed by atoms with Crippen molar-refractivity contribution < 1.29 is 29.0 Å². The molecular weight excluding hydrogens is 512 g/mol. The molecule has 0 aliphatic carbocycles. The predicted octanol–water partition coefficient (Wildman–Crippen LogP) is 5.60. The molecule has 8 nitrogen and oxygen atoms in total. The fourth-order valence-electron chi connectivity index (χ4n) is 3.36. The van der Waals surface area contributed by atoms with E-state index < -0.39 is 23.1 Å². The van der Waals surface area contributed by atoms with E-state index in [4.69, 9.17) is 9.84 Å². The summed E-state index contributed by atoms with van der Waals surface area (Å²) < 4.78 is 5.00. The summed E-state index contributed by atoms with van der Waals surface area (Å²) in [4.78, 5) is 49.0. The van der Waals surface area contributed by atoms with Gasteiger partial charge in [-0.25, -0.2) is 9.59 Å². The highest BCUT2D eigenvalue weighted by atomic mass is 32.2. The van der Waals surface area contributed by atoms with Crippen LogP contribution in [0.4, 0.5) is 10.7 Å². The lowest BCUT2D eigenvalue weighted by Crippen LogP contribution is -2.25. The van der Waals surface area contributed by atoms with Crippen LogP contribution in [0.25, 0.3) is 11.1 Å². The molecule has 1 aromatic heterocycles. The second-order valence-electron chi connectivity index (χ2n) is 7.90. The Bertz CT molecular complexity index is 1330. The molecule has 0 saturated heterocycles. The molecule has 37 heavy (non-hydrogen) atoms. The number of amides is 2. The molecule has 1 heterocycles. The summed E-state index contributed by atoms with van der Waals surface area (Å²) in [7, 11) is 1.30. The second-order valence-corrected chi connectivity index (χ2v) is 10.1. The number of carbonyl (C=O) groups is 4. The van der Waals surface area contributed by atoms with E-state index in [1.807, 2.05) is 49.6 Å². The highest BCUT2D eigenvalue weighted by Gasteiger charge is 2.25. The van der Waals surface area contributed by atoms with Gasteiger partial charge in [-0.3, -0.25) is 9.59 Å². The number of thioether (sulfide) groups is 1. The van der Waals surface area contributed by atoms with Crippen molar-refractivity contribution in [1.29, 1.82) is 0 Å². The van der Waals surface area contributed by atoms with Crippen molar-refractivity contribution >= 4 is 57.5 Å². The molecule has 0 aliphatic rings. The lowest BCUT2D eigenvalue weighted by molar-refractivity contribution is -0.131. The number of anilines is 2. The Balaban J connectivity index is 1.77. The van der Waals surface area contributed by atoms with Crippen LogP contribution >= 0.6 is 23.1 Å². The van der Waals surface area contributed by atoms with Crippen molar-refractivity contribution in [3.8, 4) is 11.1 Å². The highest BCUT2D eigenvalue weighted by Crippen LogP contribution is 2.37. The lowest BCUT2D eigenvalue weighted by atomic mass is 10.0. The molecule has 0 bridgehead atoms. The first kappa shape index (κ1) is 27.7. The van der Waals surface area contributed by atoms with Gasteiger partial charge in [-0.1, -0.05) is 42.8 Å². The van der Waals surface area contributed by atoms with Gasteiger partial charge in [0, 0.05) is 33.7 Å². The van der Waals surface area contributed by atoms with Crippen LogP contribution in [0.1, 0.15) is 29.3 Å². The van der Waals surface area contributed by atoms with E-state index in [-0.39, 0.29) is 5.91 Å². The number of rotatable bonds is 10. The minimum atomic E-state index is -1.22. The first-order chi connectivity index (χ1) is 17.7. The Hall–Kier alpha value is -3.89. The number of esters is 1. The number of carbonyl (C=O) groups excluding carboxylic acids is 3. The quantitative estimate of drug-likeness (QED) is 0.175. The number of carboxylic acid groups (broad SMARTS) is 1. The molecule has 0 saturated carbocycles. The molecule has 3 rings (SSSR count). The minimum Gasteiger partial charge on any atom is -0.478 e. The third kappa shape index (κ3) is 7.55. The summed E-state index contributed by atoms with van der Waals surface area (Å²) in [5, 5.41) is 15.9. The van der Waals surface area contributed by atoms with Crippen LogP contribution in [-0.2, 0) is 19.1 Å². The monoisotopic (exact) mass is 538 g/mol. The van der Waals surface area contributed by atoms with Gasteiger partial charge in [-0.05, 0) is 37.1 Å². The second kappa shape index (κ2) is 12.9. The fraction of sp³-hybridized carbons (Fsp3) is 0.185. The Kier molecular flexibility index (Phi) is 9.64. The van der Waals surface area contributed by atoms with Crippen LogP contribution in [0.5, 0.6) is 0 Å². The van der Waals surface area contributed by atoms with Crippen molar-refractivity contribution in [2.75, 3.05) is 17.7 Å². The van der Waals surface area contributed by atoms with Crippen LogP contribution in [0.3, 0.4) is 0 Å². The van der Waals surface area contributed by atoms with Crippen LogP contribution in [-0.4, -0.2) is 41.2 Å². The molecule has 1 atom stereocenters. The summed E-state index contributed by atoms with van der Waals surface area (Å²) in [6.45, 7) is 3.86. The average Bonchev–Trinajstić information content (AvgIpc) is 3.29. The van der Waals surface area contributed by atoms with Crippen molar-refractivity contribution in [2.45, 2.75) is 30.4 Å². The largest absolute Gasteiger partial charge is 0.478 e. The predicted molar refractivity (Wildman–Crippen MR) is 146 cm³/mol. The van der Waals surface area contributed by atoms with Crippen molar-refractivity contribution in [3.05, 3.63) is 77.2 Å². The van der Waals surface area contributed by atoms with E-state index in [1.165, 1.54) is 30.2 Å². The number of aliphatic carboxylic acids is 1. The number of ether oxygens (including phenoxy) is 1. The van der Waals surface area contributed by atoms with Gasteiger partial charge in [0.2, 0.25) is 11.8 Å². The molecule has 1 unspecified atom stereocenters. The minimum absolute atomic E-state index is 0.270. The molecule has 192 valence electrons. The van der Waals surface area contributed by atoms with Crippen molar-refractivity contribution in [2.24, 2.45) is 0 Å². The van der Waals surface area contributed by atoms with Gasteiger partial charge >= 0.3 is 11.9 Å². The Morgan fingerprint density at radius 1 is 1.08 bits per heavy atom. The van der Waals surface area contributed by atoms with Crippen LogP contribution in [0, 0.1) is 6.92 Å². The summed E-state index contributed by atoms with van der Waals surface area (Å²) in [6, 6.07) is 14.7. The zero-order chi connectivity index (χ0) is 26.9. The summed E-state index contributed by atoms with van der Waals surface area (Å²) >= 11 is 2.57. The zero-order valence-electron chi connectivity index (χ0n) is 20.4. The fourth-order valence-corrected chi connectivity index (χ4v) is 5.33. The third-order valence-corrected chi connectivity index (χ3v) is 7.45. The van der Waals surface area contributed by atoms with E-state index in [0.717, 1.165) is 28.2 Å². The van der Waals surface area contributed by atoms with E-state index in [0.29, 0.717) is 28.2 Å². The van der Waals surface area contributed by atoms with Gasteiger partial charge in [0.05, 0.1) is 12.4 Å². The molecule has 0 fully saturated rings. The maximum Gasteiger partial charge on any atom is 0.341 e. The van der Waals surface area contributed by atoms with Gasteiger partial charge in [0.1, 0.15) is 10.6 Å². The first-order valence-corrected chi connectivity index (χ1v) is 13.0. The number of hydrogen-bond acceptors (Lipinski definition) is 7. The smallest absolute Gasteiger partial charge is 0.341 e. The number of thiophene rings is 1. The van der Waals surface area contributed by atoms with E-state index in [1.54, 1.807) is 18.2 Å². The molecule has 0 spiro atoms. The first-order valence-electron chi connectivity index (χ1n) is 11.3. The number of hydrogen-bond donors (Lipinski definition) is 3. The Morgan fingerprint density at radius 2 is 1.81 bits per heavy atom. The summed E-state index contributed by atoms with van der Waals surface area (Å²) in [5.74, 6) is -2.60. The van der Waals surface area contributed by atoms with Gasteiger partial charge in [0.15, 0.2) is 0 Å². The van der Waals surface area contributed by atoms with Crippen LogP contribution in [0.15, 0.2) is 71.0 Å². The topological polar surface area (TPSA) is 122 Å². The van der Waals surface area contributed by atoms with Crippen molar-refractivity contribution in [1.82, 2.24) is 0 Å². The van der Waals surface area contributed by atoms with Crippen molar-refractivity contribution in [3.63, 3.8) is 0 Å². The molecule has 2 amide bonds. The number of nitrogens with one attached hydrogen (secondary N) is 2. The normalized spacial score (nSPS) is 11.6. The standard InChI is InChI=1S/C27H26N2O6S2/c1-4-21(37-19-7-5-6-18(14-19)28-22(30)12-13-23(31)32)25(33)29-26-24(27(34)35-3)20(15-36-26)17-10-8-16(2)9-11-17/h5-15,21H,4H2,1-3H3,(H,28,30)(H,29,33)(H,31,32)/b13-12+. The zero-order valence-corrected chi connectivity index (χ0v) is 22.1. The summed E-state index contributed by atoms with van der Waals surface area (Å²) in [6.07, 6.45) is 2.19. The lowest BCUT2D eigenvalue weighted by Gasteiger charge is -2.15. The molecule has 0 radical (unpaired) electrons. The summed E-state index contributed by atoms with van der Waals surface area (Å²) in [5.41, 5.74) is 3.41. The maximum absolute atomic E-state index is 13.2. The maximum atomic E-state index is 13.2. The number of methoxy groups -OCH3 is 1. The molecular formula is C27H26N2O6S2. The van der Waals surface area contributed by atoms with Gasteiger partial charge < -0.3 is 20.5 Å². The Labute approximate surface area is 222 Å². The van der Waals surface area contributed by atoms with Gasteiger partial charge in [-0.15, -0.1) is 23.1 Å². The van der Waals surface area contributed by atoms with E-state index >= 15 is 0 Å². The average molecular weight is 539 g/mol. The number of benzene rings is 2. The highest BCUT2D eigenvalue weighted by molar-refractivity contribution is 8.00. The van der Waals surface area contributed by atoms with Crippen LogP contribution in [0.2, 0.25) is 0 Å². The molecule has 10 heteroatoms. The molecule has 3 aromatic rings. The Morgan fingerprint density at radius 3 is 2.46 bits per heavy atom. The molecule has 2 aromatic carbocycles. The SMILES string of the molecule is CCC(Sc1cccc(NC(=O)/C=C/C(=O)O)c1)C(=O)Nc1scc(-c2ccc(C)cc2)c1C(=O)OC. The van der Waals surface area contributed by atoms with E-state index in [9.17, 15) is 19.2 Å². The molecule has 0 aliphatic heterocycles. The number of carboxylic acids is 1. The van der Waals surface area contributed by atoms with Gasteiger partial charge in [-0.2, -0.15) is 0 Å². The van der Waals surface area contributed by atoms with Crippen LogP contribution < -0.4 is 10.6 Å². The third-order valence-electron chi connectivity index (χ3n) is 5.20.